The molecule has 0 radical (unpaired) electrons. The van der Waals surface area contributed by atoms with Crippen molar-refractivity contribution in [2.45, 2.75) is 50.6 Å². The number of rotatable bonds is 7. The number of carboxylic acids is 1. The molecule has 0 bridgehead atoms. The zero-order chi connectivity index (χ0) is 36.0. The van der Waals surface area contributed by atoms with Gasteiger partial charge in [0.1, 0.15) is 40.6 Å². The number of ether oxygens (including phenoxy) is 2. The molecule has 266 valence electrons. The number of aliphatic carboxylic acids is 1. The van der Waals surface area contributed by atoms with Gasteiger partial charge in [-0.15, -0.1) is 0 Å². The Morgan fingerprint density at radius 2 is 1.80 bits per heavy atom. The summed E-state index contributed by atoms with van der Waals surface area (Å²) in [6.45, 7) is 0.141. The number of quaternary nitrogens is 1. The number of amides is 1. The van der Waals surface area contributed by atoms with E-state index >= 15 is 8.78 Å². The van der Waals surface area contributed by atoms with Crippen LogP contribution in [0, 0.1) is 16.8 Å². The van der Waals surface area contributed by atoms with Gasteiger partial charge in [0.2, 0.25) is 0 Å². The molecule has 2 aromatic rings. The third-order valence-electron chi connectivity index (χ3n) is 8.54. The third-order valence-corrected chi connectivity index (χ3v) is 8.54. The molecule has 18 heteroatoms. The molecule has 3 heterocycles. The van der Waals surface area contributed by atoms with Crippen LogP contribution in [0.2, 0.25) is 0 Å². The summed E-state index contributed by atoms with van der Waals surface area (Å²) in [5, 5.41) is 25.2. The van der Waals surface area contributed by atoms with Crippen molar-refractivity contribution in [2.75, 3.05) is 38.3 Å². The van der Waals surface area contributed by atoms with Crippen molar-refractivity contribution in [1.29, 1.82) is 0 Å². The number of carbonyl (C=O) groups is 2. The summed E-state index contributed by atoms with van der Waals surface area (Å²) in [5.74, 6) is -6.30. The van der Waals surface area contributed by atoms with Crippen LogP contribution in [0.3, 0.4) is 0 Å². The lowest BCUT2D eigenvalue weighted by molar-refractivity contribution is -0.895. The minimum absolute atomic E-state index is 0.0571. The number of alkyl halides is 6. The fraction of sp³-hybridized carbons (Fsp3) is 0.419. The number of hydrogen-bond acceptors (Lipinski definition) is 7. The second kappa shape index (κ2) is 13.5. The number of nitrogens with one attached hydrogen (secondary N) is 2. The maximum Gasteiger partial charge on any atom is 0.422 e. The van der Waals surface area contributed by atoms with E-state index < -0.39 is 88.7 Å². The van der Waals surface area contributed by atoms with E-state index in [0.717, 1.165) is 11.1 Å². The molecule has 2 aromatic carbocycles. The average molecular weight is 707 g/mol. The molecular weight excluding hydrogens is 676 g/mol. The van der Waals surface area contributed by atoms with Crippen LogP contribution in [-0.4, -0.2) is 79.8 Å². The summed E-state index contributed by atoms with van der Waals surface area (Å²) < 4.78 is 124. The lowest BCUT2D eigenvalue weighted by Crippen LogP contribution is -3.11. The molecule has 3 atom stereocenters. The molecule has 49 heavy (non-hydrogen) atoms. The second-order valence-electron chi connectivity index (χ2n) is 11.6. The van der Waals surface area contributed by atoms with Crippen molar-refractivity contribution in [2.24, 2.45) is 0 Å². The Hall–Kier alpha value is -4.42. The van der Waals surface area contributed by atoms with E-state index in [1.54, 1.807) is 0 Å². The zero-order valence-corrected chi connectivity index (χ0v) is 25.9. The number of morpholine rings is 1. The summed E-state index contributed by atoms with van der Waals surface area (Å²) in [6.07, 6.45) is -8.79. The minimum atomic E-state index is -4.91. The van der Waals surface area contributed by atoms with Crippen LogP contribution < -0.4 is 20.1 Å². The van der Waals surface area contributed by atoms with E-state index in [4.69, 9.17) is 9.47 Å². The number of benzene rings is 2. The van der Waals surface area contributed by atoms with Crippen LogP contribution in [-0.2, 0) is 22.4 Å². The topological polar surface area (TPSA) is 119 Å². The molecular formula is C31H30F8N4O6. The van der Waals surface area contributed by atoms with Gasteiger partial charge in [-0.25, -0.2) is 23.8 Å². The standard InChI is InChI=1S/C31H30F8N4O6/c1-15-10-20(30(34,35)36)26(43(47)41(15)2)19-6-5-16(18-4-3-8-49-27(18)19)11-23(29(45)46)40-28(44)25-21(32)12-17(13-22(25)33)42-7-9-48-14-24(42)31(37,38)39/h5-6,10,12-13,23-24,43H,3-4,7-9,11,14H2,1-2H3,(H,40,44)(H,45,46)/t23-,24+/m0/s1. The Bertz CT molecular complexity index is 1690. The summed E-state index contributed by atoms with van der Waals surface area (Å²) in [6, 6.07) is -0.482. The Labute approximate surface area is 273 Å². The Kier molecular flexibility index (Phi) is 9.86. The second-order valence-corrected chi connectivity index (χ2v) is 11.6. The van der Waals surface area contributed by atoms with Gasteiger partial charge in [0.05, 0.1) is 38.1 Å². The number of hydroxylamine groups is 1. The SMILES string of the molecule is CC1=CC(C(F)(F)F)=C(c2ccc(C[C@H](NC(=O)c3c(F)cc(N4CCOC[C@@H]4C(F)(F)F)cc3F)C(=O)O)c3c2OCCC3)[NH+]([O-])N1C. The smallest absolute Gasteiger partial charge is 0.422 e. The van der Waals surface area contributed by atoms with E-state index in [1.807, 2.05) is 5.32 Å². The first-order valence-electron chi connectivity index (χ1n) is 14.9. The minimum Gasteiger partial charge on any atom is -0.603 e. The Balaban J connectivity index is 1.45. The number of allylic oxidation sites excluding steroid dienone is 3. The highest BCUT2D eigenvalue weighted by Crippen LogP contribution is 2.41. The zero-order valence-electron chi connectivity index (χ0n) is 25.9. The molecule has 1 unspecified atom stereocenters. The van der Waals surface area contributed by atoms with Crippen LogP contribution in [0.4, 0.5) is 40.8 Å². The van der Waals surface area contributed by atoms with Crippen LogP contribution >= 0.6 is 0 Å². The predicted octanol–water partition coefficient (Wildman–Crippen LogP) is 3.90. The van der Waals surface area contributed by atoms with Gasteiger partial charge >= 0.3 is 18.3 Å². The number of fused-ring (bicyclic) bond motifs is 1. The fourth-order valence-corrected chi connectivity index (χ4v) is 6.00. The van der Waals surface area contributed by atoms with Crippen molar-refractivity contribution in [3.63, 3.8) is 0 Å². The lowest BCUT2D eigenvalue weighted by atomic mass is 9.90. The van der Waals surface area contributed by atoms with Gasteiger partial charge in [0.15, 0.2) is 5.70 Å². The van der Waals surface area contributed by atoms with Gasteiger partial charge in [-0.05, 0) is 55.2 Å². The maximum absolute atomic E-state index is 15.1. The van der Waals surface area contributed by atoms with E-state index in [2.05, 4.69) is 0 Å². The van der Waals surface area contributed by atoms with Crippen LogP contribution in [0.1, 0.15) is 40.4 Å². The molecule has 0 aliphatic carbocycles. The van der Waals surface area contributed by atoms with Crippen molar-refractivity contribution < 1.29 is 64.5 Å². The van der Waals surface area contributed by atoms with E-state index in [9.17, 15) is 46.2 Å². The molecule has 0 saturated carbocycles. The predicted molar refractivity (Wildman–Crippen MR) is 156 cm³/mol. The molecule has 1 amide bonds. The highest BCUT2D eigenvalue weighted by atomic mass is 19.4. The van der Waals surface area contributed by atoms with E-state index in [-0.39, 0.29) is 54.3 Å². The quantitative estimate of drug-likeness (QED) is 0.293. The van der Waals surface area contributed by atoms with Crippen LogP contribution in [0.25, 0.3) is 5.70 Å². The number of hydrogen-bond donors (Lipinski definition) is 3. The first kappa shape index (κ1) is 35.9. The summed E-state index contributed by atoms with van der Waals surface area (Å²) in [5.41, 5.74) is -3.21. The maximum atomic E-state index is 15.1. The number of anilines is 1. The van der Waals surface area contributed by atoms with Gasteiger partial charge in [-0.2, -0.15) is 26.3 Å². The summed E-state index contributed by atoms with van der Waals surface area (Å²) >= 11 is 0. The fourth-order valence-electron chi connectivity index (χ4n) is 6.00. The molecule has 5 rings (SSSR count). The monoisotopic (exact) mass is 706 g/mol. The number of halogens is 8. The largest absolute Gasteiger partial charge is 0.603 e. The lowest BCUT2D eigenvalue weighted by Gasteiger charge is -2.39. The summed E-state index contributed by atoms with van der Waals surface area (Å²) in [4.78, 5) is 25.9. The molecule has 1 saturated heterocycles. The first-order chi connectivity index (χ1) is 22.9. The Morgan fingerprint density at radius 1 is 1.12 bits per heavy atom. The van der Waals surface area contributed by atoms with Crippen molar-refractivity contribution in [3.8, 4) is 5.75 Å². The highest BCUT2D eigenvalue weighted by Gasteiger charge is 2.46. The highest BCUT2D eigenvalue weighted by molar-refractivity contribution is 5.97. The van der Waals surface area contributed by atoms with Crippen molar-refractivity contribution >= 4 is 23.3 Å². The van der Waals surface area contributed by atoms with E-state index in [0.29, 0.717) is 23.5 Å². The van der Waals surface area contributed by atoms with Crippen LogP contribution in [0.15, 0.2) is 41.6 Å². The van der Waals surface area contributed by atoms with Crippen LogP contribution in [0.5, 0.6) is 5.75 Å². The van der Waals surface area contributed by atoms with Crippen molar-refractivity contribution in [1.82, 2.24) is 10.3 Å². The van der Waals surface area contributed by atoms with Gasteiger partial charge in [0.25, 0.3) is 5.91 Å². The normalized spacial score (nSPS) is 20.8. The summed E-state index contributed by atoms with van der Waals surface area (Å²) in [7, 11) is 1.31. The van der Waals surface area contributed by atoms with Gasteiger partial charge in [-0.3, -0.25) is 4.79 Å². The molecule has 10 nitrogen and oxygen atoms in total. The van der Waals surface area contributed by atoms with Crippen molar-refractivity contribution in [3.05, 3.63) is 80.7 Å². The van der Waals surface area contributed by atoms with Gasteiger partial charge in [0, 0.05) is 18.7 Å². The number of nitrogens with zero attached hydrogens (tertiary/aromatic N) is 2. The molecule has 3 aliphatic rings. The Morgan fingerprint density at radius 3 is 2.41 bits per heavy atom. The number of carboxylic acid groups (broad SMARTS) is 1. The van der Waals surface area contributed by atoms with Gasteiger partial charge < -0.3 is 30.0 Å². The van der Waals surface area contributed by atoms with E-state index in [1.165, 1.54) is 26.1 Å². The first-order valence-corrected chi connectivity index (χ1v) is 14.9. The molecule has 3 aliphatic heterocycles. The molecule has 1 fully saturated rings. The molecule has 0 aromatic heterocycles. The third kappa shape index (κ3) is 7.16. The molecule has 0 spiro atoms. The van der Waals surface area contributed by atoms with Gasteiger partial charge in [-0.1, -0.05) is 6.07 Å². The molecule has 3 N–H and O–H groups in total. The number of carbonyl (C=O) groups excluding carboxylic acids is 1. The average Bonchev–Trinajstić information content (AvgIpc) is 3.02.